The number of nitrogens with zero attached hydrogens (tertiary/aromatic N) is 2. The number of benzene rings is 1. The van der Waals surface area contributed by atoms with Crippen LogP contribution >= 0.6 is 0 Å². The van der Waals surface area contributed by atoms with Gasteiger partial charge in [-0.2, -0.15) is 5.10 Å². The molecule has 1 atom stereocenters. The van der Waals surface area contributed by atoms with Gasteiger partial charge in [-0.05, 0) is 54.7 Å². The van der Waals surface area contributed by atoms with Gasteiger partial charge in [0.15, 0.2) is 0 Å². The summed E-state index contributed by atoms with van der Waals surface area (Å²) in [4.78, 5) is 4.58. The lowest BCUT2D eigenvalue weighted by Crippen LogP contribution is -2.24. The second-order valence-electron chi connectivity index (χ2n) is 7.86. The Hall–Kier alpha value is -2.66. The summed E-state index contributed by atoms with van der Waals surface area (Å²) in [7, 11) is 0. The Morgan fingerprint density at radius 3 is 3.18 bits per heavy atom. The Balaban J connectivity index is 1.35. The topological polar surface area (TPSA) is 62.8 Å². The number of anilines is 1. The van der Waals surface area contributed by atoms with E-state index in [-0.39, 0.29) is 0 Å². The third-order valence-corrected chi connectivity index (χ3v) is 5.84. The number of fused-ring (bicyclic) bond motifs is 2. The van der Waals surface area contributed by atoms with Crippen molar-refractivity contribution in [2.75, 3.05) is 25.1 Å². The van der Waals surface area contributed by atoms with Gasteiger partial charge in [-0.15, -0.1) is 0 Å². The first-order valence-corrected chi connectivity index (χ1v) is 10.3. The number of aromatic nitrogens is 3. The van der Waals surface area contributed by atoms with Gasteiger partial charge in [-0.1, -0.05) is 24.3 Å². The van der Waals surface area contributed by atoms with Crippen LogP contribution in [0.1, 0.15) is 41.8 Å². The smallest absolute Gasteiger partial charge is 0.133 e. The molecule has 5 heteroatoms. The summed E-state index contributed by atoms with van der Waals surface area (Å²) in [6.07, 6.45) is 11.7. The molecule has 1 unspecified atom stereocenters. The zero-order chi connectivity index (χ0) is 18.8. The number of allylic oxidation sites excluding steroid dienone is 1. The first kappa shape index (κ1) is 17.4. The van der Waals surface area contributed by atoms with Gasteiger partial charge in [0.25, 0.3) is 0 Å². The molecule has 3 heterocycles. The average molecular weight is 374 g/mol. The van der Waals surface area contributed by atoms with Crippen LogP contribution in [0.2, 0.25) is 0 Å². The number of H-pyrrole nitrogens is 1. The predicted molar refractivity (Wildman–Crippen MR) is 113 cm³/mol. The fourth-order valence-electron chi connectivity index (χ4n) is 4.29. The number of hydrogen-bond acceptors (Lipinski definition) is 4. The van der Waals surface area contributed by atoms with E-state index < -0.39 is 0 Å². The molecule has 2 N–H and O–H groups in total. The molecule has 28 heavy (non-hydrogen) atoms. The first-order valence-electron chi connectivity index (χ1n) is 10.3. The number of aromatic amines is 1. The highest BCUT2D eigenvalue weighted by Gasteiger charge is 2.16. The average Bonchev–Trinajstić information content (AvgIpc) is 3.16. The van der Waals surface area contributed by atoms with Gasteiger partial charge in [0.2, 0.25) is 0 Å². The summed E-state index contributed by atoms with van der Waals surface area (Å²) in [5, 5.41) is 13.7. The molecule has 0 radical (unpaired) electrons. The van der Waals surface area contributed by atoms with Crippen molar-refractivity contribution in [2.24, 2.45) is 5.92 Å². The second-order valence-corrected chi connectivity index (χ2v) is 7.86. The Labute approximate surface area is 165 Å². The number of hydrogen-bond donors (Lipinski definition) is 2. The Morgan fingerprint density at radius 1 is 1.25 bits per heavy atom. The highest BCUT2D eigenvalue weighted by Crippen LogP contribution is 2.26. The second kappa shape index (κ2) is 7.76. The highest BCUT2D eigenvalue weighted by atomic mass is 16.5. The number of ether oxygens (including phenoxy) is 1. The third-order valence-electron chi connectivity index (χ3n) is 5.84. The van der Waals surface area contributed by atoms with Gasteiger partial charge in [0.1, 0.15) is 5.82 Å². The fraction of sp³-hybridized carbons (Fsp3) is 0.391. The van der Waals surface area contributed by atoms with Crippen LogP contribution in [0.25, 0.3) is 16.8 Å². The maximum absolute atomic E-state index is 5.59. The van der Waals surface area contributed by atoms with Crippen molar-refractivity contribution in [3.8, 4) is 0 Å². The minimum absolute atomic E-state index is 0.575. The van der Waals surface area contributed by atoms with E-state index in [9.17, 15) is 0 Å². The van der Waals surface area contributed by atoms with E-state index in [2.05, 4.69) is 56.9 Å². The van der Waals surface area contributed by atoms with Crippen molar-refractivity contribution >= 4 is 22.7 Å². The fourth-order valence-corrected chi connectivity index (χ4v) is 4.29. The van der Waals surface area contributed by atoms with E-state index in [1.807, 2.05) is 6.20 Å². The Morgan fingerprint density at radius 2 is 2.25 bits per heavy atom. The monoisotopic (exact) mass is 374 g/mol. The molecule has 0 spiro atoms. The third kappa shape index (κ3) is 3.54. The van der Waals surface area contributed by atoms with Crippen LogP contribution in [-0.4, -0.2) is 34.9 Å². The van der Waals surface area contributed by atoms with E-state index >= 15 is 0 Å². The molecule has 0 amide bonds. The summed E-state index contributed by atoms with van der Waals surface area (Å²) in [5.74, 6) is 1.55. The number of nitrogens with one attached hydrogen (secondary N) is 2. The Kier molecular flexibility index (Phi) is 4.83. The zero-order valence-electron chi connectivity index (χ0n) is 16.1. The van der Waals surface area contributed by atoms with Gasteiger partial charge in [-0.3, -0.25) is 5.10 Å². The van der Waals surface area contributed by atoms with Gasteiger partial charge in [-0.25, -0.2) is 4.98 Å². The minimum atomic E-state index is 0.575. The predicted octanol–water partition coefficient (Wildman–Crippen LogP) is 4.35. The Bertz CT molecular complexity index is 1000. The highest BCUT2D eigenvalue weighted by molar-refractivity contribution is 5.92. The minimum Gasteiger partial charge on any atom is -0.381 e. The van der Waals surface area contributed by atoms with Crippen LogP contribution in [0.15, 0.2) is 36.5 Å². The van der Waals surface area contributed by atoms with Crippen LogP contribution in [-0.2, 0) is 17.6 Å². The molecule has 0 bridgehead atoms. The van der Waals surface area contributed by atoms with Gasteiger partial charge in [0, 0.05) is 42.4 Å². The lowest BCUT2D eigenvalue weighted by Gasteiger charge is -2.22. The van der Waals surface area contributed by atoms with E-state index in [0.29, 0.717) is 5.92 Å². The standard InChI is InChI=1S/C23H26N4O/c1-2-6-21-20(5-1)22(27-26-21)13-16-7-8-19-18(12-16)9-10-24-23(19)25-14-17-4-3-11-28-15-17/h2,6-10,12,17H,1,3-5,11,13-15H2,(H,24,25)(H,26,27). The molecule has 144 valence electrons. The molecule has 2 aliphatic rings. The van der Waals surface area contributed by atoms with Gasteiger partial charge >= 0.3 is 0 Å². The maximum Gasteiger partial charge on any atom is 0.133 e. The van der Waals surface area contributed by atoms with Crippen LogP contribution in [0.5, 0.6) is 0 Å². The van der Waals surface area contributed by atoms with Gasteiger partial charge in [0.05, 0.1) is 12.3 Å². The van der Waals surface area contributed by atoms with E-state index in [1.54, 1.807) is 0 Å². The van der Waals surface area contributed by atoms with Crippen LogP contribution in [0.3, 0.4) is 0 Å². The SMILES string of the molecule is C1=Cc2n[nH]c(Cc3ccc4c(NCC5CCCOC5)nccc4c3)c2CC1. The molecule has 1 aromatic carbocycles. The maximum atomic E-state index is 5.59. The summed E-state index contributed by atoms with van der Waals surface area (Å²) < 4.78 is 5.59. The molecule has 1 aliphatic heterocycles. The molecule has 1 fully saturated rings. The summed E-state index contributed by atoms with van der Waals surface area (Å²) in [5.41, 5.74) is 5.01. The molecule has 5 nitrogen and oxygen atoms in total. The van der Waals surface area contributed by atoms with Crippen LogP contribution < -0.4 is 5.32 Å². The number of pyridine rings is 1. The first-order chi connectivity index (χ1) is 13.9. The molecule has 1 aliphatic carbocycles. The van der Waals surface area contributed by atoms with Crippen LogP contribution in [0.4, 0.5) is 5.82 Å². The van der Waals surface area contributed by atoms with E-state index in [1.165, 1.54) is 34.0 Å². The molecule has 5 rings (SSSR count). The summed E-state index contributed by atoms with van der Waals surface area (Å²) in [6.45, 7) is 2.68. The molecular weight excluding hydrogens is 348 g/mol. The summed E-state index contributed by atoms with van der Waals surface area (Å²) in [6, 6.07) is 8.78. The van der Waals surface area contributed by atoms with Crippen molar-refractivity contribution in [1.82, 2.24) is 15.2 Å². The van der Waals surface area contributed by atoms with Crippen molar-refractivity contribution in [2.45, 2.75) is 32.1 Å². The van der Waals surface area contributed by atoms with E-state index in [0.717, 1.165) is 57.0 Å². The van der Waals surface area contributed by atoms with Crippen molar-refractivity contribution in [3.63, 3.8) is 0 Å². The number of rotatable bonds is 5. The molecule has 0 saturated carbocycles. The van der Waals surface area contributed by atoms with E-state index in [4.69, 9.17) is 4.74 Å². The summed E-state index contributed by atoms with van der Waals surface area (Å²) >= 11 is 0. The van der Waals surface area contributed by atoms with Gasteiger partial charge < -0.3 is 10.1 Å². The molecule has 1 saturated heterocycles. The van der Waals surface area contributed by atoms with Crippen molar-refractivity contribution < 1.29 is 4.74 Å². The quantitative estimate of drug-likeness (QED) is 0.697. The molecular formula is C23H26N4O. The normalized spacial score (nSPS) is 18.9. The molecule has 2 aromatic heterocycles. The van der Waals surface area contributed by atoms with Crippen LogP contribution in [0, 0.1) is 5.92 Å². The largest absolute Gasteiger partial charge is 0.381 e. The lowest BCUT2D eigenvalue weighted by molar-refractivity contribution is 0.0595. The van der Waals surface area contributed by atoms with Crippen molar-refractivity contribution in [3.05, 3.63) is 59.1 Å². The molecule has 3 aromatic rings. The van der Waals surface area contributed by atoms with Crippen molar-refractivity contribution in [1.29, 1.82) is 0 Å². The lowest BCUT2D eigenvalue weighted by atomic mass is 9.97. The zero-order valence-corrected chi connectivity index (χ0v) is 16.1.